The summed E-state index contributed by atoms with van der Waals surface area (Å²) in [6, 6.07) is 8.79. The molecule has 0 aliphatic heterocycles. The van der Waals surface area contributed by atoms with Gasteiger partial charge in [-0.25, -0.2) is 8.42 Å². The lowest BCUT2D eigenvalue weighted by Crippen LogP contribution is -2.31. The molecule has 0 fully saturated rings. The minimum atomic E-state index is -3.03. The van der Waals surface area contributed by atoms with Gasteiger partial charge in [-0.1, -0.05) is 18.2 Å². The van der Waals surface area contributed by atoms with Crippen LogP contribution in [0.3, 0.4) is 0 Å². The molecule has 88 valence electrons. The maximum absolute atomic E-state index is 11.8. The van der Waals surface area contributed by atoms with E-state index in [4.69, 9.17) is 0 Å². The van der Waals surface area contributed by atoms with Gasteiger partial charge >= 0.3 is 0 Å². The topological polar surface area (TPSA) is 54.5 Å². The Kier molecular flexibility index (Phi) is 4.06. The van der Waals surface area contributed by atoms with Gasteiger partial charge in [0.1, 0.15) is 9.84 Å². The third-order valence-corrected chi connectivity index (χ3v) is 3.09. The third-order valence-electron chi connectivity index (χ3n) is 2.16. The van der Waals surface area contributed by atoms with Gasteiger partial charge in [0.2, 0.25) is 0 Å². The fraction of sp³-hybridized carbons (Fsp3) is 0.364. The summed E-state index contributed by atoms with van der Waals surface area (Å²) >= 11 is 0. The van der Waals surface area contributed by atoms with Gasteiger partial charge in [-0.3, -0.25) is 4.79 Å². The van der Waals surface area contributed by atoms with Crippen LogP contribution in [0.25, 0.3) is 0 Å². The van der Waals surface area contributed by atoms with E-state index in [1.54, 1.807) is 31.3 Å². The van der Waals surface area contributed by atoms with Gasteiger partial charge in [0.05, 0.1) is 5.75 Å². The second kappa shape index (κ2) is 5.12. The smallest absolute Gasteiger partial charge is 0.253 e. The zero-order valence-electron chi connectivity index (χ0n) is 9.38. The first-order valence-electron chi connectivity index (χ1n) is 4.88. The van der Waals surface area contributed by atoms with E-state index < -0.39 is 9.84 Å². The fourth-order valence-corrected chi connectivity index (χ4v) is 1.81. The highest BCUT2D eigenvalue weighted by Crippen LogP contribution is 2.02. The Morgan fingerprint density at radius 3 is 2.31 bits per heavy atom. The van der Waals surface area contributed by atoms with Crippen LogP contribution in [0, 0.1) is 0 Å². The molecule has 0 radical (unpaired) electrons. The molecule has 0 saturated carbocycles. The van der Waals surface area contributed by atoms with Crippen molar-refractivity contribution in [2.45, 2.75) is 0 Å². The van der Waals surface area contributed by atoms with E-state index >= 15 is 0 Å². The Morgan fingerprint density at radius 1 is 1.25 bits per heavy atom. The lowest BCUT2D eigenvalue weighted by atomic mass is 10.2. The molecule has 5 heteroatoms. The van der Waals surface area contributed by atoms with E-state index in [9.17, 15) is 13.2 Å². The van der Waals surface area contributed by atoms with Crippen molar-refractivity contribution in [1.29, 1.82) is 0 Å². The Hall–Kier alpha value is -1.36. The number of hydrogen-bond acceptors (Lipinski definition) is 3. The number of rotatable bonds is 4. The number of hydrogen-bond donors (Lipinski definition) is 0. The SMILES string of the molecule is CN(CCS(C)(=O)=O)C(=O)c1ccccc1. The molecule has 0 aliphatic carbocycles. The molecule has 0 unspecified atom stereocenters. The van der Waals surface area contributed by atoms with Crippen LogP contribution >= 0.6 is 0 Å². The van der Waals surface area contributed by atoms with E-state index in [2.05, 4.69) is 0 Å². The molecule has 0 bridgehead atoms. The second-order valence-corrected chi connectivity index (χ2v) is 5.98. The predicted molar refractivity (Wildman–Crippen MR) is 63.1 cm³/mol. The average molecular weight is 241 g/mol. The largest absolute Gasteiger partial charge is 0.341 e. The van der Waals surface area contributed by atoms with Gasteiger partial charge in [-0.05, 0) is 12.1 Å². The van der Waals surface area contributed by atoms with Crippen LogP contribution in [0.2, 0.25) is 0 Å². The number of carbonyl (C=O) groups excluding carboxylic acids is 1. The van der Waals surface area contributed by atoms with E-state index in [-0.39, 0.29) is 18.2 Å². The maximum atomic E-state index is 11.8. The summed E-state index contributed by atoms with van der Waals surface area (Å²) in [5, 5.41) is 0. The number of nitrogens with zero attached hydrogens (tertiary/aromatic N) is 1. The molecule has 0 aromatic heterocycles. The summed E-state index contributed by atoms with van der Waals surface area (Å²) in [6.45, 7) is 0.215. The van der Waals surface area contributed by atoms with Crippen LogP contribution in [0.15, 0.2) is 30.3 Å². The number of carbonyl (C=O) groups is 1. The van der Waals surface area contributed by atoms with Crippen molar-refractivity contribution in [3.8, 4) is 0 Å². The van der Waals surface area contributed by atoms with Gasteiger partial charge in [-0.2, -0.15) is 0 Å². The number of sulfone groups is 1. The van der Waals surface area contributed by atoms with Crippen molar-refractivity contribution >= 4 is 15.7 Å². The summed E-state index contributed by atoms with van der Waals surface area (Å²) in [7, 11) is -1.43. The highest BCUT2D eigenvalue weighted by Gasteiger charge is 2.12. The van der Waals surface area contributed by atoms with E-state index in [1.165, 1.54) is 4.90 Å². The summed E-state index contributed by atoms with van der Waals surface area (Å²) < 4.78 is 21.9. The monoisotopic (exact) mass is 241 g/mol. The van der Waals surface area contributed by atoms with Crippen molar-refractivity contribution in [2.75, 3.05) is 25.6 Å². The average Bonchev–Trinajstić information content (AvgIpc) is 2.25. The fourth-order valence-electron chi connectivity index (χ4n) is 1.21. The molecule has 1 aromatic carbocycles. The van der Waals surface area contributed by atoms with Crippen LogP contribution in [0.5, 0.6) is 0 Å². The minimum absolute atomic E-state index is 0.0118. The van der Waals surface area contributed by atoms with Gasteiger partial charge in [0.25, 0.3) is 5.91 Å². The third kappa shape index (κ3) is 4.02. The first-order valence-corrected chi connectivity index (χ1v) is 6.94. The molecule has 0 saturated heterocycles. The normalized spacial score (nSPS) is 11.1. The molecular formula is C11H15NO3S. The predicted octanol–water partition coefficient (Wildman–Crippen LogP) is 0.803. The first-order chi connectivity index (χ1) is 7.40. The van der Waals surface area contributed by atoms with Crippen molar-refractivity contribution < 1.29 is 13.2 Å². The number of amides is 1. The summed E-state index contributed by atoms with van der Waals surface area (Å²) in [4.78, 5) is 13.2. The van der Waals surface area contributed by atoms with Crippen LogP contribution < -0.4 is 0 Å². The van der Waals surface area contributed by atoms with Crippen molar-refractivity contribution in [2.24, 2.45) is 0 Å². The Morgan fingerprint density at radius 2 is 1.81 bits per heavy atom. The van der Waals surface area contributed by atoms with Crippen LogP contribution in [-0.2, 0) is 9.84 Å². The van der Waals surface area contributed by atoms with E-state index in [0.29, 0.717) is 5.56 Å². The maximum Gasteiger partial charge on any atom is 0.253 e. The lowest BCUT2D eigenvalue weighted by molar-refractivity contribution is 0.0803. The molecule has 0 heterocycles. The zero-order valence-corrected chi connectivity index (χ0v) is 10.2. The molecule has 0 aliphatic rings. The van der Waals surface area contributed by atoms with Crippen molar-refractivity contribution in [3.05, 3.63) is 35.9 Å². The molecule has 1 amide bonds. The zero-order chi connectivity index (χ0) is 12.2. The van der Waals surface area contributed by atoms with Crippen LogP contribution in [-0.4, -0.2) is 44.8 Å². The number of benzene rings is 1. The molecule has 16 heavy (non-hydrogen) atoms. The Balaban J connectivity index is 2.62. The molecule has 1 aromatic rings. The molecule has 0 N–H and O–H groups in total. The molecular weight excluding hydrogens is 226 g/mol. The van der Waals surface area contributed by atoms with Gasteiger partial charge < -0.3 is 4.90 Å². The second-order valence-electron chi connectivity index (χ2n) is 3.72. The standard InChI is InChI=1S/C11H15NO3S/c1-12(8-9-16(2,14)15)11(13)10-6-4-3-5-7-10/h3-7H,8-9H2,1-2H3. The molecule has 0 atom stereocenters. The highest BCUT2D eigenvalue weighted by atomic mass is 32.2. The molecule has 1 rings (SSSR count). The minimum Gasteiger partial charge on any atom is -0.341 e. The lowest BCUT2D eigenvalue weighted by Gasteiger charge is -2.16. The van der Waals surface area contributed by atoms with Crippen LogP contribution in [0.4, 0.5) is 0 Å². The molecule has 4 nitrogen and oxygen atoms in total. The summed E-state index contributed by atoms with van der Waals surface area (Å²) in [6.07, 6.45) is 1.16. The van der Waals surface area contributed by atoms with Gasteiger partial charge in [0.15, 0.2) is 0 Å². The first kappa shape index (κ1) is 12.7. The van der Waals surface area contributed by atoms with Gasteiger partial charge in [-0.15, -0.1) is 0 Å². The molecule has 0 spiro atoms. The van der Waals surface area contributed by atoms with E-state index in [0.717, 1.165) is 6.26 Å². The van der Waals surface area contributed by atoms with E-state index in [1.807, 2.05) is 6.07 Å². The highest BCUT2D eigenvalue weighted by molar-refractivity contribution is 7.90. The van der Waals surface area contributed by atoms with Gasteiger partial charge in [0, 0.05) is 25.4 Å². The van der Waals surface area contributed by atoms with Crippen molar-refractivity contribution in [3.63, 3.8) is 0 Å². The summed E-state index contributed by atoms with van der Waals surface area (Å²) in [5.74, 6) is -0.175. The van der Waals surface area contributed by atoms with Crippen molar-refractivity contribution in [1.82, 2.24) is 4.90 Å². The Labute approximate surface area is 95.8 Å². The quantitative estimate of drug-likeness (QED) is 0.783. The van der Waals surface area contributed by atoms with Crippen LogP contribution in [0.1, 0.15) is 10.4 Å². The summed E-state index contributed by atoms with van der Waals surface area (Å²) in [5.41, 5.74) is 0.568. The Bertz CT molecular complexity index is 453.